The molecular formula is C16H18BrN3OS2. The van der Waals surface area contributed by atoms with E-state index in [2.05, 4.69) is 49.3 Å². The summed E-state index contributed by atoms with van der Waals surface area (Å²) in [6.07, 6.45) is 2.77. The maximum atomic E-state index is 5.59. The molecule has 1 saturated heterocycles. The van der Waals surface area contributed by atoms with Crippen molar-refractivity contribution in [1.29, 1.82) is 0 Å². The third kappa shape index (κ3) is 3.74. The van der Waals surface area contributed by atoms with Crippen LogP contribution in [-0.4, -0.2) is 35.3 Å². The van der Waals surface area contributed by atoms with E-state index in [9.17, 15) is 0 Å². The lowest BCUT2D eigenvalue weighted by Crippen LogP contribution is -2.30. The van der Waals surface area contributed by atoms with Crippen LogP contribution in [0.2, 0.25) is 0 Å². The van der Waals surface area contributed by atoms with Crippen LogP contribution in [0.15, 0.2) is 40.3 Å². The Morgan fingerprint density at radius 3 is 2.91 bits per heavy atom. The van der Waals surface area contributed by atoms with Crippen molar-refractivity contribution in [2.24, 2.45) is 0 Å². The number of hydrogen-bond donors (Lipinski definition) is 1. The molecule has 3 rings (SSSR count). The highest BCUT2D eigenvalue weighted by Gasteiger charge is 2.40. The number of thiophene rings is 1. The van der Waals surface area contributed by atoms with Gasteiger partial charge < -0.3 is 15.0 Å². The van der Waals surface area contributed by atoms with Crippen molar-refractivity contribution in [1.82, 2.24) is 15.2 Å². The van der Waals surface area contributed by atoms with Crippen LogP contribution >= 0.6 is 39.5 Å². The zero-order valence-corrected chi connectivity index (χ0v) is 16.0. The molecule has 0 unspecified atom stereocenters. The molecule has 0 saturated carbocycles. The predicted molar refractivity (Wildman–Crippen MR) is 101 cm³/mol. The van der Waals surface area contributed by atoms with E-state index >= 15 is 0 Å². The summed E-state index contributed by atoms with van der Waals surface area (Å²) in [6, 6.07) is 10.5. The topological polar surface area (TPSA) is 37.4 Å². The molecule has 0 amide bonds. The quantitative estimate of drug-likeness (QED) is 0.575. The van der Waals surface area contributed by atoms with Gasteiger partial charge in [0.1, 0.15) is 0 Å². The summed E-state index contributed by atoms with van der Waals surface area (Å²) in [5.74, 6) is 0. The van der Waals surface area contributed by atoms with E-state index in [1.807, 2.05) is 18.3 Å². The lowest BCUT2D eigenvalue weighted by atomic mass is 10.0. The number of aromatic nitrogens is 1. The van der Waals surface area contributed by atoms with E-state index in [0.29, 0.717) is 0 Å². The number of pyridine rings is 1. The number of thiocarbonyl (C=S) groups is 1. The lowest BCUT2D eigenvalue weighted by molar-refractivity contribution is 0.181. The minimum absolute atomic E-state index is 0.0665. The Kier molecular flexibility index (Phi) is 5.63. The van der Waals surface area contributed by atoms with Gasteiger partial charge in [0.25, 0.3) is 0 Å². The first-order chi connectivity index (χ1) is 11.2. The van der Waals surface area contributed by atoms with Crippen LogP contribution in [0.1, 0.15) is 29.1 Å². The summed E-state index contributed by atoms with van der Waals surface area (Å²) in [5, 5.41) is 4.23. The van der Waals surface area contributed by atoms with Crippen molar-refractivity contribution in [2.45, 2.75) is 18.5 Å². The molecule has 3 heterocycles. The normalized spacial score (nSPS) is 20.8. The number of methoxy groups -OCH3 is 1. The van der Waals surface area contributed by atoms with Crippen molar-refractivity contribution in [3.05, 3.63) is 50.9 Å². The maximum absolute atomic E-state index is 5.59. The second kappa shape index (κ2) is 7.70. The average Bonchev–Trinajstić information content (AvgIpc) is 3.12. The number of rotatable bonds is 6. The first-order valence-corrected chi connectivity index (χ1v) is 9.44. The Hall–Kier alpha value is -1.02. The minimum Gasteiger partial charge on any atom is -0.385 e. The van der Waals surface area contributed by atoms with Gasteiger partial charge in [0.05, 0.1) is 21.6 Å². The first kappa shape index (κ1) is 16.8. The number of hydrogen-bond acceptors (Lipinski definition) is 4. The first-order valence-electron chi connectivity index (χ1n) is 7.43. The highest BCUT2D eigenvalue weighted by molar-refractivity contribution is 9.11. The average molecular weight is 412 g/mol. The van der Waals surface area contributed by atoms with Gasteiger partial charge >= 0.3 is 0 Å². The van der Waals surface area contributed by atoms with Crippen molar-refractivity contribution < 1.29 is 4.74 Å². The SMILES string of the molecule is COCCCN1C(=S)N[C@H](c2ccccn2)[C@H]1c1ccc(Br)s1. The molecule has 1 N–H and O–H groups in total. The highest BCUT2D eigenvalue weighted by Crippen LogP contribution is 2.42. The van der Waals surface area contributed by atoms with Gasteiger partial charge in [-0.2, -0.15) is 0 Å². The second-order valence-electron chi connectivity index (χ2n) is 5.31. The number of ether oxygens (including phenoxy) is 1. The molecule has 0 aromatic carbocycles. The molecule has 2 atom stereocenters. The van der Waals surface area contributed by atoms with Crippen LogP contribution in [0.25, 0.3) is 0 Å². The summed E-state index contributed by atoms with van der Waals surface area (Å²) in [7, 11) is 1.73. The summed E-state index contributed by atoms with van der Waals surface area (Å²) >= 11 is 10.9. The van der Waals surface area contributed by atoms with Crippen LogP contribution in [0.3, 0.4) is 0 Å². The summed E-state index contributed by atoms with van der Waals surface area (Å²) in [6.45, 7) is 1.59. The maximum Gasteiger partial charge on any atom is 0.170 e. The molecule has 0 aliphatic carbocycles. The zero-order valence-electron chi connectivity index (χ0n) is 12.7. The van der Waals surface area contributed by atoms with Crippen LogP contribution in [0.4, 0.5) is 0 Å². The number of nitrogens with one attached hydrogen (secondary N) is 1. The molecule has 7 heteroatoms. The van der Waals surface area contributed by atoms with Crippen LogP contribution < -0.4 is 5.32 Å². The van der Waals surface area contributed by atoms with Gasteiger partial charge in [0, 0.05) is 31.3 Å². The summed E-state index contributed by atoms with van der Waals surface area (Å²) < 4.78 is 6.31. The Morgan fingerprint density at radius 2 is 2.26 bits per heavy atom. The molecule has 1 aliphatic heterocycles. The van der Waals surface area contributed by atoms with E-state index in [4.69, 9.17) is 17.0 Å². The van der Waals surface area contributed by atoms with E-state index in [1.165, 1.54) is 4.88 Å². The molecule has 0 spiro atoms. The molecule has 23 heavy (non-hydrogen) atoms. The second-order valence-corrected chi connectivity index (χ2v) is 8.19. The molecule has 0 radical (unpaired) electrons. The number of nitrogens with zero attached hydrogens (tertiary/aromatic N) is 2. The van der Waals surface area contributed by atoms with Gasteiger partial charge in [0.2, 0.25) is 0 Å². The highest BCUT2D eigenvalue weighted by atomic mass is 79.9. The predicted octanol–water partition coefficient (Wildman–Crippen LogP) is 3.91. The molecule has 122 valence electrons. The summed E-state index contributed by atoms with van der Waals surface area (Å²) in [4.78, 5) is 8.06. The Balaban J connectivity index is 1.91. The standard InChI is InChI=1S/C16H18BrN3OS2/c1-21-10-4-9-20-15(12-6-7-13(17)23-12)14(19-16(20)22)11-5-2-3-8-18-11/h2-3,5-8,14-15H,4,9-10H2,1H3,(H,19,22)/t14-,15-/m1/s1. The minimum atomic E-state index is 0.0665. The van der Waals surface area contributed by atoms with Gasteiger partial charge in [-0.1, -0.05) is 6.07 Å². The molecule has 4 nitrogen and oxygen atoms in total. The van der Waals surface area contributed by atoms with Crippen LogP contribution in [0.5, 0.6) is 0 Å². The fourth-order valence-corrected chi connectivity index (χ4v) is 4.73. The smallest absolute Gasteiger partial charge is 0.170 e. The molecule has 2 aromatic rings. The molecule has 2 aromatic heterocycles. The fourth-order valence-electron chi connectivity index (χ4n) is 2.82. The molecular weight excluding hydrogens is 394 g/mol. The van der Waals surface area contributed by atoms with Gasteiger partial charge in [-0.3, -0.25) is 4.98 Å². The van der Waals surface area contributed by atoms with E-state index in [0.717, 1.165) is 34.2 Å². The Labute approximate surface area is 154 Å². The van der Waals surface area contributed by atoms with Crippen molar-refractivity contribution >= 4 is 44.6 Å². The molecule has 0 bridgehead atoms. The Morgan fingerprint density at radius 1 is 1.39 bits per heavy atom. The van der Waals surface area contributed by atoms with Crippen LogP contribution in [-0.2, 0) is 4.74 Å². The largest absolute Gasteiger partial charge is 0.385 e. The van der Waals surface area contributed by atoms with Gasteiger partial charge in [0.15, 0.2) is 5.11 Å². The van der Waals surface area contributed by atoms with E-state index < -0.39 is 0 Å². The third-order valence-electron chi connectivity index (χ3n) is 3.83. The van der Waals surface area contributed by atoms with Crippen molar-refractivity contribution in [3.63, 3.8) is 0 Å². The molecule has 1 fully saturated rings. The molecule has 1 aliphatic rings. The van der Waals surface area contributed by atoms with E-state index in [-0.39, 0.29) is 12.1 Å². The summed E-state index contributed by atoms with van der Waals surface area (Å²) in [5.41, 5.74) is 1.01. The Bertz CT molecular complexity index is 664. The number of halogens is 1. The fraction of sp³-hybridized carbons (Fsp3) is 0.375. The van der Waals surface area contributed by atoms with Crippen molar-refractivity contribution in [2.75, 3.05) is 20.3 Å². The third-order valence-corrected chi connectivity index (χ3v) is 5.88. The van der Waals surface area contributed by atoms with E-state index in [1.54, 1.807) is 18.4 Å². The van der Waals surface area contributed by atoms with Gasteiger partial charge in [-0.05, 0) is 58.8 Å². The van der Waals surface area contributed by atoms with Crippen molar-refractivity contribution in [3.8, 4) is 0 Å². The lowest BCUT2D eigenvalue weighted by Gasteiger charge is -2.26. The monoisotopic (exact) mass is 411 g/mol. The zero-order chi connectivity index (χ0) is 16.2. The van der Waals surface area contributed by atoms with Gasteiger partial charge in [-0.15, -0.1) is 11.3 Å². The van der Waals surface area contributed by atoms with Crippen LogP contribution in [0, 0.1) is 0 Å². The van der Waals surface area contributed by atoms with Gasteiger partial charge in [-0.25, -0.2) is 0 Å².